The van der Waals surface area contributed by atoms with Gasteiger partial charge in [-0.05, 0) is 76.9 Å². The molecule has 0 amide bonds. The van der Waals surface area contributed by atoms with Crippen molar-refractivity contribution in [2.75, 3.05) is 0 Å². The SMILES string of the molecule is CCc1ccc(S(OS(=O)(=O)c2cc(Cl)ccc2Cl)(c2ccccc2)c2ccccc2)cc1. The second-order valence-electron chi connectivity index (χ2n) is 7.28. The average molecular weight is 517 g/mol. The van der Waals surface area contributed by atoms with Crippen LogP contribution >= 0.6 is 33.5 Å². The van der Waals surface area contributed by atoms with E-state index >= 15 is 0 Å². The molecule has 170 valence electrons. The van der Waals surface area contributed by atoms with Crippen LogP contribution in [0.15, 0.2) is 123 Å². The van der Waals surface area contributed by atoms with Gasteiger partial charge in [-0.3, -0.25) is 0 Å². The first kappa shape index (κ1) is 23.9. The molecule has 0 saturated heterocycles. The standard InChI is InChI=1S/C26H22Cl2O3S2/c1-2-20-13-16-24(17-14-20)32(22-9-5-3-6-10-22,23-11-7-4-8-12-23)31-33(29,30)26-19-21(27)15-18-25(26)28/h3-19H,2H2,1H3. The Balaban J connectivity index is 2.02. The zero-order chi connectivity index (χ0) is 23.5. The minimum Gasteiger partial charge on any atom is -0.203 e. The lowest BCUT2D eigenvalue weighted by Crippen LogP contribution is -2.15. The van der Waals surface area contributed by atoms with E-state index in [0.29, 0.717) is 0 Å². The molecule has 0 heterocycles. The van der Waals surface area contributed by atoms with E-state index in [9.17, 15) is 8.42 Å². The summed E-state index contributed by atoms with van der Waals surface area (Å²) in [5.74, 6) is 0. The Bertz CT molecular complexity index is 1300. The summed E-state index contributed by atoms with van der Waals surface area (Å²) < 4.78 is 33.7. The van der Waals surface area contributed by atoms with Crippen LogP contribution in [0.25, 0.3) is 0 Å². The molecule has 0 radical (unpaired) electrons. The van der Waals surface area contributed by atoms with Gasteiger partial charge in [0.05, 0.1) is 5.02 Å². The Morgan fingerprint density at radius 3 is 1.73 bits per heavy atom. The van der Waals surface area contributed by atoms with Crippen molar-refractivity contribution in [3.05, 3.63) is 119 Å². The highest BCUT2D eigenvalue weighted by molar-refractivity contribution is 8.33. The second-order valence-corrected chi connectivity index (χ2v) is 12.5. The highest BCUT2D eigenvalue weighted by atomic mass is 35.5. The number of aryl methyl sites for hydroxylation is 1. The lowest BCUT2D eigenvalue weighted by atomic mass is 10.2. The summed E-state index contributed by atoms with van der Waals surface area (Å²) in [7, 11) is -6.99. The average Bonchev–Trinajstić information content (AvgIpc) is 2.85. The van der Waals surface area contributed by atoms with Crippen LogP contribution in [0.3, 0.4) is 0 Å². The summed E-state index contributed by atoms with van der Waals surface area (Å²) in [6.45, 7) is 2.08. The largest absolute Gasteiger partial charge is 0.308 e. The fourth-order valence-electron chi connectivity index (χ4n) is 3.51. The molecule has 0 bridgehead atoms. The monoisotopic (exact) mass is 516 g/mol. The molecule has 0 fully saturated rings. The van der Waals surface area contributed by atoms with Gasteiger partial charge in [0.25, 0.3) is 0 Å². The quantitative estimate of drug-likeness (QED) is 0.248. The molecule has 0 N–H and O–H groups in total. The first-order chi connectivity index (χ1) is 15.9. The molecule has 0 spiro atoms. The summed E-state index contributed by atoms with van der Waals surface area (Å²) in [5.41, 5.74) is 1.15. The van der Waals surface area contributed by atoms with Gasteiger partial charge in [-0.15, -0.1) is 0 Å². The van der Waals surface area contributed by atoms with E-state index in [0.717, 1.165) is 26.7 Å². The van der Waals surface area contributed by atoms with Gasteiger partial charge in [0, 0.05) is 19.7 Å². The Morgan fingerprint density at radius 2 is 1.21 bits per heavy atom. The van der Waals surface area contributed by atoms with Gasteiger partial charge in [-0.2, -0.15) is 8.42 Å². The summed E-state index contributed by atoms with van der Waals surface area (Å²) in [6, 6.07) is 31.1. The number of hydrogen-bond donors (Lipinski definition) is 0. The van der Waals surface area contributed by atoms with Crippen LogP contribution in [0.1, 0.15) is 12.5 Å². The molecule has 4 rings (SSSR count). The van der Waals surface area contributed by atoms with E-state index in [1.165, 1.54) is 12.1 Å². The van der Waals surface area contributed by atoms with Crippen molar-refractivity contribution in [2.24, 2.45) is 0 Å². The van der Waals surface area contributed by atoms with Gasteiger partial charge in [0.1, 0.15) is 4.90 Å². The lowest BCUT2D eigenvalue weighted by molar-refractivity contribution is 0.508. The molecule has 0 aliphatic carbocycles. The molecule has 0 atom stereocenters. The van der Waals surface area contributed by atoms with Crippen molar-refractivity contribution in [1.82, 2.24) is 0 Å². The topological polar surface area (TPSA) is 43.4 Å². The third kappa shape index (κ3) is 4.84. The van der Waals surface area contributed by atoms with Crippen LogP contribution in [0.5, 0.6) is 0 Å². The second kappa shape index (κ2) is 9.92. The number of hydrogen-bond acceptors (Lipinski definition) is 3. The van der Waals surface area contributed by atoms with Crippen LogP contribution in [-0.4, -0.2) is 8.42 Å². The molecular weight excluding hydrogens is 495 g/mol. The predicted octanol–water partition coefficient (Wildman–Crippen LogP) is 8.16. The fourth-order valence-corrected chi connectivity index (χ4v) is 9.45. The fraction of sp³-hybridized carbons (Fsp3) is 0.0769. The summed E-state index contributed by atoms with van der Waals surface area (Å²) in [6.07, 6.45) is 0.872. The zero-order valence-electron chi connectivity index (χ0n) is 17.8. The van der Waals surface area contributed by atoms with Crippen LogP contribution in [-0.2, 0) is 20.2 Å². The highest BCUT2D eigenvalue weighted by Crippen LogP contribution is 2.70. The van der Waals surface area contributed by atoms with E-state index in [1.807, 2.05) is 84.9 Å². The summed E-state index contributed by atoms with van der Waals surface area (Å²) in [4.78, 5) is 2.11. The minimum atomic E-state index is -4.31. The van der Waals surface area contributed by atoms with Crippen molar-refractivity contribution < 1.29 is 12.0 Å². The van der Waals surface area contributed by atoms with Crippen molar-refractivity contribution in [3.63, 3.8) is 0 Å². The molecule has 7 heteroatoms. The van der Waals surface area contributed by atoms with Crippen molar-refractivity contribution in [2.45, 2.75) is 32.9 Å². The third-order valence-corrected chi connectivity index (χ3v) is 11.1. The van der Waals surface area contributed by atoms with E-state index in [-0.39, 0.29) is 14.9 Å². The lowest BCUT2D eigenvalue weighted by Gasteiger charge is -2.39. The van der Waals surface area contributed by atoms with E-state index in [1.54, 1.807) is 6.07 Å². The molecule has 4 aromatic carbocycles. The number of halogens is 2. The van der Waals surface area contributed by atoms with Crippen molar-refractivity contribution in [1.29, 1.82) is 0 Å². The minimum absolute atomic E-state index is 0.0511. The van der Waals surface area contributed by atoms with Crippen LogP contribution in [0, 0.1) is 0 Å². The van der Waals surface area contributed by atoms with Crippen LogP contribution in [0.4, 0.5) is 0 Å². The molecular formula is C26H22Cl2O3S2. The van der Waals surface area contributed by atoms with Gasteiger partial charge in [-0.25, -0.2) is 3.63 Å². The van der Waals surface area contributed by atoms with Gasteiger partial charge in [0.2, 0.25) is 0 Å². The van der Waals surface area contributed by atoms with Crippen molar-refractivity contribution in [3.8, 4) is 0 Å². The van der Waals surface area contributed by atoms with Crippen molar-refractivity contribution >= 4 is 43.6 Å². The Morgan fingerprint density at radius 1 is 0.697 bits per heavy atom. The zero-order valence-corrected chi connectivity index (χ0v) is 21.0. The van der Waals surface area contributed by atoms with E-state index < -0.39 is 20.4 Å². The van der Waals surface area contributed by atoms with E-state index in [2.05, 4.69) is 6.92 Å². The molecule has 0 aromatic heterocycles. The number of benzene rings is 4. The number of rotatable bonds is 7. The summed E-state index contributed by atoms with van der Waals surface area (Å²) in [5, 5.41) is 0.309. The molecule has 0 aliphatic heterocycles. The highest BCUT2D eigenvalue weighted by Gasteiger charge is 2.38. The molecule has 0 unspecified atom stereocenters. The third-order valence-electron chi connectivity index (χ3n) is 5.17. The van der Waals surface area contributed by atoms with Gasteiger partial charge >= 0.3 is 10.1 Å². The maximum atomic E-state index is 13.7. The van der Waals surface area contributed by atoms with E-state index in [4.69, 9.17) is 26.8 Å². The maximum absolute atomic E-state index is 13.7. The molecule has 3 nitrogen and oxygen atoms in total. The summed E-state index contributed by atoms with van der Waals surface area (Å²) >= 11 is 12.4. The molecule has 4 aromatic rings. The van der Waals surface area contributed by atoms with Crippen LogP contribution < -0.4 is 0 Å². The normalized spacial score (nSPS) is 12.5. The van der Waals surface area contributed by atoms with Gasteiger partial charge in [0.15, 0.2) is 0 Å². The molecule has 33 heavy (non-hydrogen) atoms. The van der Waals surface area contributed by atoms with Crippen LogP contribution in [0.2, 0.25) is 10.0 Å². The van der Waals surface area contributed by atoms with Gasteiger partial charge in [-0.1, -0.05) is 78.7 Å². The Labute approximate surface area is 206 Å². The first-order valence-electron chi connectivity index (χ1n) is 10.3. The molecule has 0 aliphatic rings. The maximum Gasteiger partial charge on any atom is 0.308 e. The predicted molar refractivity (Wildman–Crippen MR) is 136 cm³/mol. The van der Waals surface area contributed by atoms with Gasteiger partial charge < -0.3 is 0 Å². The Kier molecular flexibility index (Phi) is 7.17. The Hall–Kier alpha value is -2.28. The molecule has 0 saturated carbocycles. The smallest absolute Gasteiger partial charge is 0.203 e. The first-order valence-corrected chi connectivity index (χ1v) is 14.0.